The van der Waals surface area contributed by atoms with E-state index in [2.05, 4.69) is 38.4 Å². The van der Waals surface area contributed by atoms with Gasteiger partial charge in [0.25, 0.3) is 0 Å². The molecule has 1 atom stereocenters. The van der Waals surface area contributed by atoms with E-state index in [1.54, 1.807) is 0 Å². The number of benzene rings is 2. The van der Waals surface area contributed by atoms with Crippen molar-refractivity contribution in [3.05, 3.63) is 89.0 Å². The normalized spacial score (nSPS) is 15.5. The fourth-order valence-corrected chi connectivity index (χ4v) is 3.71. The molecule has 1 amide bonds. The number of amides is 1. The molecular formula is C23H24ClN5O. The minimum Gasteiger partial charge on any atom is -0.355 e. The molecule has 1 saturated heterocycles. The molecule has 0 aliphatic carbocycles. The van der Waals surface area contributed by atoms with Crippen LogP contribution in [-0.2, 0) is 24.3 Å². The first-order valence-electron chi connectivity index (χ1n) is 9.79. The van der Waals surface area contributed by atoms with Crippen molar-refractivity contribution in [2.45, 2.75) is 32.0 Å². The molecule has 1 unspecified atom stereocenters. The zero-order chi connectivity index (χ0) is 20.1. The van der Waals surface area contributed by atoms with E-state index in [0.29, 0.717) is 25.1 Å². The molecule has 30 heavy (non-hydrogen) atoms. The quantitative estimate of drug-likeness (QED) is 0.613. The number of rotatable bonds is 7. The van der Waals surface area contributed by atoms with Crippen LogP contribution in [0.15, 0.2) is 60.8 Å². The van der Waals surface area contributed by atoms with E-state index < -0.39 is 0 Å². The standard InChI is InChI=1S/C23H23N5O.ClH/c24-13-18-8-6-17(7-9-18)12-22-26-14-20(27-22)16-28(21-10-11-25-23(21)29)15-19-4-2-1-3-5-19;/h1-9,14,21H,10-12,15-16H2,(H,25,29)(H,26,27);1H. The number of imidazole rings is 1. The molecule has 0 saturated carbocycles. The van der Waals surface area contributed by atoms with Gasteiger partial charge in [-0.3, -0.25) is 9.69 Å². The molecule has 1 fully saturated rings. The lowest BCUT2D eigenvalue weighted by Gasteiger charge is -2.26. The minimum absolute atomic E-state index is 0. The van der Waals surface area contributed by atoms with E-state index in [1.165, 1.54) is 5.56 Å². The molecule has 6 nitrogen and oxygen atoms in total. The van der Waals surface area contributed by atoms with Crippen molar-refractivity contribution in [1.29, 1.82) is 5.26 Å². The van der Waals surface area contributed by atoms with Gasteiger partial charge in [-0.15, -0.1) is 12.4 Å². The summed E-state index contributed by atoms with van der Waals surface area (Å²) in [6.45, 7) is 2.07. The van der Waals surface area contributed by atoms with Crippen LogP contribution in [-0.4, -0.2) is 33.4 Å². The SMILES string of the molecule is Cl.N#Cc1ccc(Cc2ncc(CN(Cc3ccccc3)C3CCNC3=O)[nH]2)cc1. The Bertz CT molecular complexity index is 1010. The summed E-state index contributed by atoms with van der Waals surface area (Å²) in [5.74, 6) is 0.971. The van der Waals surface area contributed by atoms with Gasteiger partial charge < -0.3 is 10.3 Å². The van der Waals surface area contributed by atoms with Crippen LogP contribution in [0.1, 0.15) is 34.6 Å². The first-order valence-corrected chi connectivity index (χ1v) is 9.79. The number of aromatic amines is 1. The number of hydrogen-bond acceptors (Lipinski definition) is 4. The third-order valence-corrected chi connectivity index (χ3v) is 5.20. The number of H-pyrrole nitrogens is 1. The van der Waals surface area contributed by atoms with Gasteiger partial charge in [-0.2, -0.15) is 5.26 Å². The highest BCUT2D eigenvalue weighted by molar-refractivity contribution is 5.85. The first kappa shape index (κ1) is 21.6. The number of nitriles is 1. The molecule has 1 aliphatic heterocycles. The predicted molar refractivity (Wildman–Crippen MR) is 117 cm³/mol. The molecule has 2 N–H and O–H groups in total. The maximum Gasteiger partial charge on any atom is 0.237 e. The summed E-state index contributed by atoms with van der Waals surface area (Å²) in [7, 11) is 0. The summed E-state index contributed by atoms with van der Waals surface area (Å²) in [5.41, 5.74) is 3.93. The molecule has 1 aromatic heterocycles. The van der Waals surface area contributed by atoms with Crippen molar-refractivity contribution in [1.82, 2.24) is 20.2 Å². The van der Waals surface area contributed by atoms with Crippen molar-refractivity contribution in [3.8, 4) is 6.07 Å². The average Bonchev–Trinajstić information content (AvgIpc) is 3.37. The lowest BCUT2D eigenvalue weighted by Crippen LogP contribution is -2.39. The number of halogens is 1. The lowest BCUT2D eigenvalue weighted by molar-refractivity contribution is -0.124. The lowest BCUT2D eigenvalue weighted by atomic mass is 10.1. The van der Waals surface area contributed by atoms with Crippen molar-refractivity contribution in [2.75, 3.05) is 6.54 Å². The van der Waals surface area contributed by atoms with Gasteiger partial charge in [-0.05, 0) is 29.7 Å². The Morgan fingerprint density at radius 3 is 2.50 bits per heavy atom. The number of nitrogens with zero attached hydrogens (tertiary/aromatic N) is 3. The number of aromatic nitrogens is 2. The van der Waals surface area contributed by atoms with Crippen LogP contribution < -0.4 is 5.32 Å². The third kappa shape index (κ3) is 5.26. The topological polar surface area (TPSA) is 84.8 Å². The van der Waals surface area contributed by atoms with Gasteiger partial charge in [-0.25, -0.2) is 4.98 Å². The third-order valence-electron chi connectivity index (χ3n) is 5.20. The molecule has 2 heterocycles. The highest BCUT2D eigenvalue weighted by Gasteiger charge is 2.30. The largest absolute Gasteiger partial charge is 0.355 e. The highest BCUT2D eigenvalue weighted by Crippen LogP contribution is 2.18. The Kier molecular flexibility index (Phi) is 7.23. The van der Waals surface area contributed by atoms with E-state index in [9.17, 15) is 4.79 Å². The summed E-state index contributed by atoms with van der Waals surface area (Å²) >= 11 is 0. The first-order chi connectivity index (χ1) is 14.2. The molecule has 2 aromatic carbocycles. The fourth-order valence-electron chi connectivity index (χ4n) is 3.71. The zero-order valence-electron chi connectivity index (χ0n) is 16.5. The van der Waals surface area contributed by atoms with Crippen LogP contribution in [0.4, 0.5) is 0 Å². The summed E-state index contributed by atoms with van der Waals surface area (Å²) in [6.07, 6.45) is 3.34. The molecular weight excluding hydrogens is 398 g/mol. The summed E-state index contributed by atoms with van der Waals surface area (Å²) in [5, 5.41) is 11.9. The fraction of sp³-hybridized carbons (Fsp3) is 0.261. The Morgan fingerprint density at radius 2 is 1.83 bits per heavy atom. The van der Waals surface area contributed by atoms with E-state index in [-0.39, 0.29) is 24.4 Å². The van der Waals surface area contributed by atoms with Crippen LogP contribution in [0.2, 0.25) is 0 Å². The molecule has 3 aromatic rings. The summed E-state index contributed by atoms with van der Waals surface area (Å²) < 4.78 is 0. The second-order valence-corrected chi connectivity index (χ2v) is 7.33. The van der Waals surface area contributed by atoms with Crippen LogP contribution in [0, 0.1) is 11.3 Å². The van der Waals surface area contributed by atoms with Gasteiger partial charge in [0.15, 0.2) is 0 Å². The predicted octanol–water partition coefficient (Wildman–Crippen LogP) is 3.18. The monoisotopic (exact) mass is 421 g/mol. The van der Waals surface area contributed by atoms with Gasteiger partial charge in [0.1, 0.15) is 5.82 Å². The molecule has 0 spiro atoms. The van der Waals surface area contributed by atoms with Crippen LogP contribution >= 0.6 is 12.4 Å². The smallest absolute Gasteiger partial charge is 0.237 e. The second-order valence-electron chi connectivity index (χ2n) is 7.33. The van der Waals surface area contributed by atoms with Gasteiger partial charge in [0.2, 0.25) is 5.91 Å². The maximum absolute atomic E-state index is 12.3. The summed E-state index contributed by atoms with van der Waals surface area (Å²) in [6, 6.07) is 19.8. The van der Waals surface area contributed by atoms with Crippen molar-refractivity contribution >= 4 is 18.3 Å². The van der Waals surface area contributed by atoms with E-state index in [1.807, 2.05) is 48.7 Å². The van der Waals surface area contributed by atoms with E-state index in [4.69, 9.17) is 5.26 Å². The maximum atomic E-state index is 12.3. The number of hydrogen-bond donors (Lipinski definition) is 2. The highest BCUT2D eigenvalue weighted by atomic mass is 35.5. The molecule has 154 valence electrons. The number of nitrogens with one attached hydrogen (secondary N) is 2. The van der Waals surface area contributed by atoms with Crippen molar-refractivity contribution in [3.63, 3.8) is 0 Å². The van der Waals surface area contributed by atoms with E-state index >= 15 is 0 Å². The number of carbonyl (C=O) groups is 1. The molecule has 7 heteroatoms. The van der Waals surface area contributed by atoms with Gasteiger partial charge >= 0.3 is 0 Å². The second kappa shape index (κ2) is 10.1. The van der Waals surface area contributed by atoms with Crippen molar-refractivity contribution in [2.24, 2.45) is 0 Å². The van der Waals surface area contributed by atoms with Crippen LogP contribution in [0.5, 0.6) is 0 Å². The minimum atomic E-state index is -0.125. The van der Waals surface area contributed by atoms with Gasteiger partial charge in [0.05, 0.1) is 17.7 Å². The van der Waals surface area contributed by atoms with Crippen LogP contribution in [0.3, 0.4) is 0 Å². The Hall–Kier alpha value is -3.14. The Labute approximate surface area is 182 Å². The van der Waals surface area contributed by atoms with Crippen molar-refractivity contribution < 1.29 is 4.79 Å². The molecule has 4 rings (SSSR count). The Morgan fingerprint density at radius 1 is 1.07 bits per heavy atom. The van der Waals surface area contributed by atoms with E-state index in [0.717, 1.165) is 30.0 Å². The average molecular weight is 422 g/mol. The van der Waals surface area contributed by atoms with Crippen LogP contribution in [0.25, 0.3) is 0 Å². The molecule has 0 radical (unpaired) electrons. The Balaban J connectivity index is 0.00000256. The summed E-state index contributed by atoms with van der Waals surface area (Å²) in [4.78, 5) is 22.4. The van der Waals surface area contributed by atoms with Gasteiger partial charge in [-0.1, -0.05) is 42.5 Å². The zero-order valence-corrected chi connectivity index (χ0v) is 17.4. The molecule has 0 bridgehead atoms. The molecule has 1 aliphatic rings. The number of carbonyl (C=O) groups excluding carboxylic acids is 1. The van der Waals surface area contributed by atoms with Gasteiger partial charge in [0, 0.05) is 37.9 Å².